The van der Waals surface area contributed by atoms with Gasteiger partial charge in [-0.1, -0.05) is 26.0 Å². The van der Waals surface area contributed by atoms with E-state index in [1.54, 1.807) is 7.11 Å². The van der Waals surface area contributed by atoms with E-state index >= 15 is 0 Å². The average Bonchev–Trinajstić information content (AvgIpc) is 2.28. The molecule has 1 aromatic rings. The second-order valence-corrected chi connectivity index (χ2v) is 4.61. The zero-order chi connectivity index (χ0) is 12.9. The summed E-state index contributed by atoms with van der Waals surface area (Å²) in [6.45, 7) is 4.72. The minimum atomic E-state index is -0.841. The third kappa shape index (κ3) is 4.07. The van der Waals surface area contributed by atoms with Crippen LogP contribution >= 0.6 is 0 Å². The maximum Gasteiger partial charge on any atom is 0.317 e. The lowest BCUT2D eigenvalue weighted by Crippen LogP contribution is -2.35. The molecule has 0 unspecified atom stereocenters. The predicted octanol–water partition coefficient (Wildman–Crippen LogP) is 1.65. The van der Waals surface area contributed by atoms with E-state index in [1.165, 1.54) is 0 Å². The highest BCUT2D eigenvalue weighted by Gasteiger charge is 2.20. The van der Waals surface area contributed by atoms with Crippen LogP contribution in [-0.2, 0) is 10.2 Å². The fourth-order valence-corrected chi connectivity index (χ4v) is 1.63. The van der Waals surface area contributed by atoms with Crippen molar-refractivity contribution in [2.45, 2.75) is 19.3 Å². The van der Waals surface area contributed by atoms with Crippen molar-refractivity contribution >= 4 is 5.97 Å². The van der Waals surface area contributed by atoms with E-state index < -0.39 is 5.97 Å². The molecule has 0 aromatic heterocycles. The van der Waals surface area contributed by atoms with Gasteiger partial charge in [0.2, 0.25) is 0 Å². The maximum absolute atomic E-state index is 10.4. The average molecular weight is 237 g/mol. The molecule has 94 valence electrons. The van der Waals surface area contributed by atoms with Gasteiger partial charge in [0.1, 0.15) is 5.75 Å². The SMILES string of the molecule is COc1cccc(C(C)(C)CNCC(=O)O)c1. The van der Waals surface area contributed by atoms with Crippen LogP contribution in [0.15, 0.2) is 24.3 Å². The Kier molecular flexibility index (Phi) is 4.52. The summed E-state index contributed by atoms with van der Waals surface area (Å²) in [5.74, 6) is -0.0275. The molecule has 0 amide bonds. The highest BCUT2D eigenvalue weighted by molar-refractivity contribution is 5.69. The van der Waals surface area contributed by atoms with Crippen LogP contribution in [0.1, 0.15) is 19.4 Å². The fraction of sp³-hybridized carbons (Fsp3) is 0.462. The smallest absolute Gasteiger partial charge is 0.317 e. The topological polar surface area (TPSA) is 58.6 Å². The Hall–Kier alpha value is -1.55. The Morgan fingerprint density at radius 3 is 2.76 bits per heavy atom. The molecule has 0 atom stereocenters. The van der Waals surface area contributed by atoms with Crippen molar-refractivity contribution in [2.24, 2.45) is 0 Å². The van der Waals surface area contributed by atoms with Crippen molar-refractivity contribution in [2.75, 3.05) is 20.2 Å². The number of benzene rings is 1. The van der Waals surface area contributed by atoms with Gasteiger partial charge in [0.15, 0.2) is 0 Å². The minimum Gasteiger partial charge on any atom is -0.497 e. The third-order valence-corrected chi connectivity index (χ3v) is 2.69. The van der Waals surface area contributed by atoms with Gasteiger partial charge in [-0.3, -0.25) is 4.79 Å². The van der Waals surface area contributed by atoms with Crippen molar-refractivity contribution in [3.8, 4) is 5.75 Å². The van der Waals surface area contributed by atoms with Crippen LogP contribution < -0.4 is 10.1 Å². The first-order valence-electron chi connectivity index (χ1n) is 5.53. The molecular weight excluding hydrogens is 218 g/mol. The summed E-state index contributed by atoms with van der Waals surface area (Å²) in [6, 6.07) is 7.82. The molecular formula is C13H19NO3. The molecule has 4 heteroatoms. The summed E-state index contributed by atoms with van der Waals surface area (Å²) in [7, 11) is 1.63. The Bertz CT molecular complexity index is 388. The van der Waals surface area contributed by atoms with E-state index in [1.807, 2.05) is 24.3 Å². The van der Waals surface area contributed by atoms with Crippen molar-refractivity contribution in [1.82, 2.24) is 5.32 Å². The summed E-state index contributed by atoms with van der Waals surface area (Å²) in [5.41, 5.74) is 0.985. The van der Waals surface area contributed by atoms with E-state index in [9.17, 15) is 4.79 Å². The number of hydrogen-bond donors (Lipinski definition) is 2. The first-order chi connectivity index (χ1) is 7.95. The van der Waals surface area contributed by atoms with Crippen molar-refractivity contribution in [1.29, 1.82) is 0 Å². The lowest BCUT2D eigenvalue weighted by atomic mass is 9.84. The summed E-state index contributed by atoms with van der Waals surface area (Å²) in [6.07, 6.45) is 0. The number of carboxylic acid groups (broad SMARTS) is 1. The molecule has 4 nitrogen and oxygen atoms in total. The molecule has 0 aliphatic carbocycles. The van der Waals surface area contributed by atoms with Gasteiger partial charge < -0.3 is 15.2 Å². The Morgan fingerprint density at radius 1 is 1.47 bits per heavy atom. The number of methoxy groups -OCH3 is 1. The number of nitrogens with one attached hydrogen (secondary N) is 1. The van der Waals surface area contributed by atoms with Crippen molar-refractivity contribution < 1.29 is 14.6 Å². The first-order valence-corrected chi connectivity index (χ1v) is 5.53. The second kappa shape index (κ2) is 5.68. The molecule has 0 aliphatic rings. The number of rotatable bonds is 6. The number of carboxylic acids is 1. The third-order valence-electron chi connectivity index (χ3n) is 2.69. The minimum absolute atomic E-state index is 0.0204. The van der Waals surface area contributed by atoms with Gasteiger partial charge in [-0.05, 0) is 17.7 Å². The zero-order valence-corrected chi connectivity index (χ0v) is 10.5. The molecule has 0 saturated heterocycles. The molecule has 17 heavy (non-hydrogen) atoms. The zero-order valence-electron chi connectivity index (χ0n) is 10.5. The molecule has 0 radical (unpaired) electrons. The maximum atomic E-state index is 10.4. The quantitative estimate of drug-likeness (QED) is 0.789. The molecule has 0 aliphatic heterocycles. The highest BCUT2D eigenvalue weighted by atomic mass is 16.5. The van der Waals surface area contributed by atoms with Crippen LogP contribution in [0, 0.1) is 0 Å². The van der Waals surface area contributed by atoms with Gasteiger partial charge in [0.05, 0.1) is 13.7 Å². The Morgan fingerprint density at radius 2 is 2.18 bits per heavy atom. The standard InChI is InChI=1S/C13H19NO3/c1-13(2,9-14-8-12(15)16)10-5-4-6-11(7-10)17-3/h4-7,14H,8-9H2,1-3H3,(H,15,16). The molecule has 0 spiro atoms. The van der Waals surface area contributed by atoms with E-state index in [0.29, 0.717) is 6.54 Å². The lowest BCUT2D eigenvalue weighted by Gasteiger charge is -2.25. The molecule has 0 fully saturated rings. The molecule has 1 rings (SSSR count). The van der Waals surface area contributed by atoms with Gasteiger partial charge in [-0.25, -0.2) is 0 Å². The first kappa shape index (κ1) is 13.5. The fourth-order valence-electron chi connectivity index (χ4n) is 1.63. The summed E-state index contributed by atoms with van der Waals surface area (Å²) >= 11 is 0. The van der Waals surface area contributed by atoms with Gasteiger partial charge in [-0.2, -0.15) is 0 Å². The van der Waals surface area contributed by atoms with E-state index in [-0.39, 0.29) is 12.0 Å². The normalized spacial score (nSPS) is 11.2. The van der Waals surface area contributed by atoms with Gasteiger partial charge in [-0.15, -0.1) is 0 Å². The van der Waals surface area contributed by atoms with Crippen molar-refractivity contribution in [3.63, 3.8) is 0 Å². The lowest BCUT2D eigenvalue weighted by molar-refractivity contribution is -0.136. The van der Waals surface area contributed by atoms with Crippen LogP contribution in [0.4, 0.5) is 0 Å². The van der Waals surface area contributed by atoms with E-state index in [4.69, 9.17) is 9.84 Å². The molecule has 0 saturated carbocycles. The predicted molar refractivity (Wildman–Crippen MR) is 66.5 cm³/mol. The second-order valence-electron chi connectivity index (χ2n) is 4.61. The summed E-state index contributed by atoms with van der Waals surface area (Å²) in [5, 5.41) is 11.5. The van der Waals surface area contributed by atoms with Crippen LogP contribution in [0.5, 0.6) is 5.75 Å². The molecule has 0 bridgehead atoms. The summed E-state index contributed by atoms with van der Waals surface area (Å²) < 4.78 is 5.18. The van der Waals surface area contributed by atoms with Gasteiger partial charge in [0, 0.05) is 12.0 Å². The highest BCUT2D eigenvalue weighted by Crippen LogP contribution is 2.25. The molecule has 2 N–H and O–H groups in total. The molecule has 1 aromatic carbocycles. The largest absolute Gasteiger partial charge is 0.497 e. The number of aliphatic carboxylic acids is 1. The van der Waals surface area contributed by atoms with Crippen LogP contribution in [0.2, 0.25) is 0 Å². The Balaban J connectivity index is 2.70. The number of hydrogen-bond acceptors (Lipinski definition) is 3. The van der Waals surface area contributed by atoms with E-state index in [2.05, 4.69) is 19.2 Å². The van der Waals surface area contributed by atoms with Crippen LogP contribution in [0.25, 0.3) is 0 Å². The number of carbonyl (C=O) groups is 1. The van der Waals surface area contributed by atoms with Crippen LogP contribution in [0.3, 0.4) is 0 Å². The number of ether oxygens (including phenoxy) is 1. The van der Waals surface area contributed by atoms with Gasteiger partial charge >= 0.3 is 5.97 Å². The van der Waals surface area contributed by atoms with Crippen molar-refractivity contribution in [3.05, 3.63) is 29.8 Å². The Labute approximate surface area is 102 Å². The van der Waals surface area contributed by atoms with Gasteiger partial charge in [0.25, 0.3) is 0 Å². The van der Waals surface area contributed by atoms with Crippen LogP contribution in [-0.4, -0.2) is 31.3 Å². The summed E-state index contributed by atoms with van der Waals surface area (Å²) in [4.78, 5) is 10.4. The molecule has 0 heterocycles. The monoisotopic (exact) mass is 237 g/mol. The van der Waals surface area contributed by atoms with E-state index in [0.717, 1.165) is 11.3 Å².